The SMILES string of the molecule is CC1(CCCS(=O)(=O)O)C(=CC=Nc2ccccc2)N(CCCS(=O)(=O)O)c2c1cc(-c1cc(C(=O)NCCS(=O)(=O)O)nc(C(=O)NCCS(=O)(=O)O)c1)c1sccc21. The van der Waals surface area contributed by atoms with Crippen LogP contribution >= 0.6 is 11.3 Å². The highest BCUT2D eigenvalue weighted by Crippen LogP contribution is 2.55. The molecule has 0 aliphatic carbocycles. The first-order chi connectivity index (χ1) is 27.9. The largest absolute Gasteiger partial charge is 0.350 e. The number of rotatable bonds is 19. The van der Waals surface area contributed by atoms with Crippen LogP contribution < -0.4 is 15.5 Å². The van der Waals surface area contributed by atoms with Gasteiger partial charge in [0.1, 0.15) is 11.4 Å². The van der Waals surface area contributed by atoms with Crippen molar-refractivity contribution in [3.05, 3.63) is 88.7 Å². The average Bonchev–Trinajstić information content (AvgIpc) is 3.71. The summed E-state index contributed by atoms with van der Waals surface area (Å²) >= 11 is 1.27. The van der Waals surface area contributed by atoms with Crippen molar-refractivity contribution in [2.45, 2.75) is 31.6 Å². The minimum atomic E-state index is -4.46. The molecule has 324 valence electrons. The number of carbonyl (C=O) groups excluding carboxylic acids is 2. The Bertz CT molecular complexity index is 2720. The van der Waals surface area contributed by atoms with Gasteiger partial charge in [-0.15, -0.1) is 11.3 Å². The van der Waals surface area contributed by atoms with Gasteiger partial charge in [-0.25, -0.2) is 4.98 Å². The van der Waals surface area contributed by atoms with E-state index in [0.29, 0.717) is 38.3 Å². The van der Waals surface area contributed by atoms with Gasteiger partial charge in [0.2, 0.25) is 0 Å². The molecule has 0 spiro atoms. The molecule has 1 aliphatic heterocycles. The second-order valence-electron chi connectivity index (χ2n) is 13.9. The van der Waals surface area contributed by atoms with Crippen molar-refractivity contribution in [2.75, 3.05) is 47.5 Å². The van der Waals surface area contributed by atoms with Gasteiger partial charge in [-0.3, -0.25) is 32.8 Å². The maximum Gasteiger partial charge on any atom is 0.269 e. The Morgan fingerprint density at radius 1 is 0.783 bits per heavy atom. The lowest BCUT2D eigenvalue weighted by atomic mass is 9.76. The van der Waals surface area contributed by atoms with Gasteiger partial charge in [0.15, 0.2) is 0 Å². The monoisotopic (exact) mass is 927 g/mol. The van der Waals surface area contributed by atoms with Crippen molar-refractivity contribution >= 4 is 91.3 Å². The van der Waals surface area contributed by atoms with Crippen LogP contribution in [-0.2, 0) is 45.9 Å². The van der Waals surface area contributed by atoms with Gasteiger partial charge in [0.05, 0.1) is 34.4 Å². The fourth-order valence-electron chi connectivity index (χ4n) is 6.79. The second-order valence-corrected chi connectivity index (χ2v) is 21.1. The van der Waals surface area contributed by atoms with Gasteiger partial charge in [0.25, 0.3) is 52.3 Å². The van der Waals surface area contributed by atoms with Gasteiger partial charge in [-0.2, -0.15) is 33.7 Å². The molecule has 0 saturated heterocycles. The summed E-state index contributed by atoms with van der Waals surface area (Å²) in [7, 11) is -17.7. The van der Waals surface area contributed by atoms with E-state index < -0.39 is 93.8 Å². The molecular weight excluding hydrogens is 887 g/mol. The Kier molecular flexibility index (Phi) is 14.3. The topological polar surface area (TPSA) is 304 Å². The summed E-state index contributed by atoms with van der Waals surface area (Å²) in [6, 6.07) is 15.2. The molecule has 0 bridgehead atoms. The number of fused-ring (bicyclic) bond motifs is 3. The van der Waals surface area contributed by atoms with Crippen LogP contribution in [0.15, 0.2) is 76.7 Å². The zero-order valence-corrected chi connectivity index (χ0v) is 35.8. The number of pyridine rings is 1. The smallest absolute Gasteiger partial charge is 0.269 e. The highest BCUT2D eigenvalue weighted by atomic mass is 32.2. The molecular formula is C36H41N5O14S5. The van der Waals surface area contributed by atoms with Crippen molar-refractivity contribution in [2.24, 2.45) is 4.99 Å². The van der Waals surface area contributed by atoms with E-state index >= 15 is 0 Å². The van der Waals surface area contributed by atoms with Crippen LogP contribution in [0.5, 0.6) is 0 Å². The number of benzene rings is 2. The molecule has 2 aromatic heterocycles. The number of nitrogens with one attached hydrogen (secondary N) is 2. The van der Waals surface area contributed by atoms with Crippen molar-refractivity contribution in [1.82, 2.24) is 15.6 Å². The van der Waals surface area contributed by atoms with Crippen LogP contribution in [0.25, 0.3) is 21.2 Å². The number of hydrogen-bond donors (Lipinski definition) is 6. The molecule has 5 rings (SSSR count). The number of aromatic nitrogens is 1. The molecule has 3 heterocycles. The Morgan fingerprint density at radius 2 is 1.33 bits per heavy atom. The van der Waals surface area contributed by atoms with Crippen molar-refractivity contribution in [3.63, 3.8) is 0 Å². The van der Waals surface area contributed by atoms with Crippen LogP contribution in [0.2, 0.25) is 0 Å². The van der Waals surface area contributed by atoms with E-state index in [2.05, 4.69) is 20.6 Å². The lowest BCUT2D eigenvalue weighted by Gasteiger charge is -2.30. The number of anilines is 1. The molecule has 2 amide bonds. The number of para-hydroxylation sites is 1. The standard InChI is InChI=1S/C36H41N5O14S5/c1-36(11-5-17-57(44,45)46)28-23-27(24-21-29(34(42)38-13-19-59(50,51)52)40-30(22-24)35(43)39-14-20-60(53,54)55)33-26(10-16-56-33)32(28)41(15-6-18-58(47,48)49)31(36)9-12-37-25-7-3-2-4-8-25/h2-4,7-10,12,16,21-23H,5-6,11,13-15,17-20H2,1H3,(H,38,42)(H,39,43)(H,44,45,46)(H,47,48,49)(H,50,51,52)(H,53,54,55). The van der Waals surface area contributed by atoms with E-state index in [9.17, 15) is 52.4 Å². The summed E-state index contributed by atoms with van der Waals surface area (Å²) in [4.78, 5) is 37.2. The maximum atomic E-state index is 13.3. The van der Waals surface area contributed by atoms with E-state index in [0.717, 1.165) is 0 Å². The fourth-order valence-corrected chi connectivity index (χ4v) is 9.45. The highest BCUT2D eigenvalue weighted by Gasteiger charge is 2.45. The van der Waals surface area contributed by atoms with Crippen LogP contribution in [0.1, 0.15) is 52.7 Å². The van der Waals surface area contributed by atoms with Crippen LogP contribution in [0.4, 0.5) is 11.4 Å². The Balaban J connectivity index is 1.73. The molecule has 1 unspecified atom stereocenters. The minimum Gasteiger partial charge on any atom is -0.350 e. The van der Waals surface area contributed by atoms with Crippen molar-refractivity contribution < 1.29 is 61.5 Å². The van der Waals surface area contributed by atoms with E-state index in [1.54, 1.807) is 54.1 Å². The molecule has 6 N–H and O–H groups in total. The number of nitrogens with zero attached hydrogens (tertiary/aromatic N) is 3. The maximum absolute atomic E-state index is 13.3. The average molecular weight is 928 g/mol. The van der Waals surface area contributed by atoms with Crippen LogP contribution in [-0.4, -0.2) is 118 Å². The Morgan fingerprint density at radius 3 is 1.88 bits per heavy atom. The van der Waals surface area contributed by atoms with Crippen molar-refractivity contribution in [1.29, 1.82) is 0 Å². The Labute approximate surface area is 350 Å². The third-order valence-corrected chi connectivity index (χ3v) is 13.4. The summed E-state index contributed by atoms with van der Waals surface area (Å²) in [5, 5.41) is 7.03. The zero-order chi connectivity index (χ0) is 44.1. The lowest BCUT2D eigenvalue weighted by Crippen LogP contribution is -2.32. The second kappa shape index (κ2) is 18.5. The molecule has 1 aliphatic rings. The van der Waals surface area contributed by atoms with Crippen molar-refractivity contribution in [3.8, 4) is 11.1 Å². The number of thiophene rings is 1. The van der Waals surface area contributed by atoms with E-state index in [1.807, 2.05) is 17.9 Å². The van der Waals surface area contributed by atoms with Crippen LogP contribution in [0.3, 0.4) is 0 Å². The molecule has 60 heavy (non-hydrogen) atoms. The van der Waals surface area contributed by atoms with Crippen LogP contribution in [0, 0.1) is 0 Å². The molecule has 19 nitrogen and oxygen atoms in total. The van der Waals surface area contributed by atoms with Gasteiger partial charge in [-0.05, 0) is 85.2 Å². The normalized spacial score (nSPS) is 16.8. The molecule has 1 atom stereocenters. The number of allylic oxidation sites excluding steroid dienone is 2. The third kappa shape index (κ3) is 12.4. The molecule has 4 aromatic rings. The van der Waals surface area contributed by atoms with Gasteiger partial charge in [0, 0.05) is 52.6 Å². The summed E-state index contributed by atoms with van der Waals surface area (Å²) in [5.41, 5.74) is 1.26. The van der Waals surface area contributed by atoms with Gasteiger partial charge in [-0.1, -0.05) is 18.2 Å². The van der Waals surface area contributed by atoms with Gasteiger partial charge >= 0.3 is 0 Å². The number of hydrogen-bond acceptors (Lipinski definition) is 14. The Hall–Kier alpha value is -4.66. The van der Waals surface area contributed by atoms with E-state index in [4.69, 9.17) is 9.11 Å². The van der Waals surface area contributed by atoms with E-state index in [1.165, 1.54) is 23.5 Å². The summed E-state index contributed by atoms with van der Waals surface area (Å²) < 4.78 is 131. The molecule has 0 saturated carbocycles. The third-order valence-electron chi connectivity index (χ3n) is 9.40. The fraction of sp³-hybridized carbons (Fsp3) is 0.333. The quantitative estimate of drug-likeness (QED) is 0.0579. The van der Waals surface area contributed by atoms with E-state index in [-0.39, 0.29) is 42.8 Å². The molecule has 24 heteroatoms. The first kappa shape index (κ1) is 46.4. The molecule has 2 aromatic carbocycles. The first-order valence-corrected chi connectivity index (χ1v) is 25.3. The predicted molar refractivity (Wildman–Crippen MR) is 227 cm³/mol. The predicted octanol–water partition coefficient (Wildman–Crippen LogP) is 3.51. The highest BCUT2D eigenvalue weighted by molar-refractivity contribution is 7.86. The number of carbonyl (C=O) groups is 2. The summed E-state index contributed by atoms with van der Waals surface area (Å²) in [5.74, 6) is -4.68. The number of aliphatic imine (C=N–C) groups is 1. The summed E-state index contributed by atoms with van der Waals surface area (Å²) in [6.07, 6.45) is 3.31. The zero-order valence-electron chi connectivity index (χ0n) is 31.8. The molecule has 0 fully saturated rings. The summed E-state index contributed by atoms with van der Waals surface area (Å²) in [6.45, 7) is 0.849. The van der Waals surface area contributed by atoms with Gasteiger partial charge < -0.3 is 15.5 Å². The number of amides is 2. The first-order valence-electron chi connectivity index (χ1n) is 18.0. The molecule has 0 radical (unpaired) electrons. The lowest BCUT2D eigenvalue weighted by molar-refractivity contribution is 0.0947. The minimum absolute atomic E-state index is 0.0314.